The van der Waals surface area contributed by atoms with Crippen LogP contribution in [-0.4, -0.2) is 40.5 Å². The highest BCUT2D eigenvalue weighted by Gasteiger charge is 2.39. The van der Waals surface area contributed by atoms with Gasteiger partial charge in [-0.05, 0) is 37.8 Å². The number of alkyl halides is 3. The van der Waals surface area contributed by atoms with E-state index in [0.717, 1.165) is 18.3 Å². The molecule has 2 N–H and O–H groups in total. The van der Waals surface area contributed by atoms with E-state index >= 15 is 0 Å². The van der Waals surface area contributed by atoms with Crippen molar-refractivity contribution in [2.45, 2.75) is 31.9 Å². The first-order valence-corrected chi connectivity index (χ1v) is 12.3. The van der Waals surface area contributed by atoms with Gasteiger partial charge in [-0.2, -0.15) is 18.3 Å². The minimum absolute atomic E-state index is 0.0297. The smallest absolute Gasteiger partial charge is 0.354 e. The van der Waals surface area contributed by atoms with E-state index in [1.54, 1.807) is 24.3 Å². The maximum Gasteiger partial charge on any atom is 0.435 e. The number of hydrogen-bond acceptors (Lipinski definition) is 4. The van der Waals surface area contributed by atoms with Gasteiger partial charge in [0.25, 0.3) is 5.91 Å². The van der Waals surface area contributed by atoms with Crippen molar-refractivity contribution in [1.82, 2.24) is 20.4 Å². The number of halogens is 5. The molecule has 0 saturated heterocycles. The molecule has 1 saturated carbocycles. The van der Waals surface area contributed by atoms with Gasteiger partial charge in [0.2, 0.25) is 5.91 Å². The summed E-state index contributed by atoms with van der Waals surface area (Å²) in [7, 11) is 0. The minimum atomic E-state index is -5.00. The first-order valence-electron chi connectivity index (χ1n) is 12.3. The summed E-state index contributed by atoms with van der Waals surface area (Å²) in [6.07, 6.45) is -2.07. The minimum Gasteiger partial charge on any atom is -0.354 e. The summed E-state index contributed by atoms with van der Waals surface area (Å²) < 4.78 is 68.1. The Morgan fingerprint density at radius 3 is 2.08 bits per heavy atom. The first kappa shape index (κ1) is 27.9. The van der Waals surface area contributed by atoms with E-state index in [1.807, 2.05) is 6.07 Å². The SMILES string of the molecule is O=C(NCCNC(=O)C1CCC(C(=O)c2ccccc2)CC1)c1cn(-c2cc(F)cc(F)c2)nc1C(F)(F)F. The van der Waals surface area contributed by atoms with Gasteiger partial charge < -0.3 is 10.6 Å². The predicted molar refractivity (Wildman–Crippen MR) is 130 cm³/mol. The van der Waals surface area contributed by atoms with Crippen LogP contribution in [0.3, 0.4) is 0 Å². The van der Waals surface area contributed by atoms with Crippen molar-refractivity contribution >= 4 is 17.6 Å². The van der Waals surface area contributed by atoms with Crippen molar-refractivity contribution in [3.8, 4) is 5.69 Å². The highest BCUT2D eigenvalue weighted by atomic mass is 19.4. The summed E-state index contributed by atoms with van der Waals surface area (Å²) in [5.41, 5.74) is -2.04. The quantitative estimate of drug-likeness (QED) is 0.242. The van der Waals surface area contributed by atoms with Crippen molar-refractivity contribution < 1.29 is 36.3 Å². The fraction of sp³-hybridized carbons (Fsp3) is 0.333. The molecule has 3 aromatic rings. The van der Waals surface area contributed by atoms with Crippen LogP contribution >= 0.6 is 0 Å². The lowest BCUT2D eigenvalue weighted by atomic mass is 9.78. The number of nitrogens with one attached hydrogen (secondary N) is 2. The number of nitrogens with zero attached hydrogens (tertiary/aromatic N) is 2. The Hall–Kier alpha value is -4.09. The van der Waals surface area contributed by atoms with E-state index in [4.69, 9.17) is 0 Å². The number of carbonyl (C=O) groups excluding carboxylic acids is 3. The Balaban J connectivity index is 1.29. The van der Waals surface area contributed by atoms with Crippen LogP contribution in [0.4, 0.5) is 22.0 Å². The summed E-state index contributed by atoms with van der Waals surface area (Å²) in [5.74, 6) is -3.81. The molecular weight excluding hydrogens is 523 g/mol. The molecule has 7 nitrogen and oxygen atoms in total. The van der Waals surface area contributed by atoms with Crippen LogP contribution in [0.25, 0.3) is 5.69 Å². The van der Waals surface area contributed by atoms with Crippen LogP contribution in [0.15, 0.2) is 54.7 Å². The summed E-state index contributed by atoms with van der Waals surface area (Å²) >= 11 is 0. The summed E-state index contributed by atoms with van der Waals surface area (Å²) in [5, 5.41) is 8.27. The Bertz CT molecular complexity index is 1330. The molecular formula is C27H25F5N4O3. The molecule has 0 unspecified atom stereocenters. The summed E-state index contributed by atoms with van der Waals surface area (Å²) in [6.45, 7) is -0.193. The third-order valence-electron chi connectivity index (χ3n) is 6.58. The number of ketones is 1. The molecule has 0 spiro atoms. The van der Waals surface area contributed by atoms with E-state index in [-0.39, 0.29) is 42.3 Å². The molecule has 206 valence electrons. The number of Topliss-reactive ketones (excluding diaryl/α,β-unsaturated/α-hetero) is 1. The molecule has 39 heavy (non-hydrogen) atoms. The van der Waals surface area contributed by atoms with Crippen LogP contribution in [0, 0.1) is 23.5 Å². The monoisotopic (exact) mass is 548 g/mol. The maximum atomic E-state index is 13.5. The van der Waals surface area contributed by atoms with Crippen molar-refractivity contribution in [2.75, 3.05) is 13.1 Å². The summed E-state index contributed by atoms with van der Waals surface area (Å²) in [4.78, 5) is 37.6. The van der Waals surface area contributed by atoms with Crippen molar-refractivity contribution in [3.63, 3.8) is 0 Å². The first-order chi connectivity index (χ1) is 18.5. The fourth-order valence-corrected chi connectivity index (χ4v) is 4.61. The zero-order chi connectivity index (χ0) is 28.2. The van der Waals surface area contributed by atoms with Crippen LogP contribution < -0.4 is 10.6 Å². The second kappa shape index (κ2) is 11.7. The average molecular weight is 549 g/mol. The Morgan fingerprint density at radius 1 is 0.872 bits per heavy atom. The Kier molecular flexibility index (Phi) is 8.41. The number of carbonyl (C=O) groups is 3. The van der Waals surface area contributed by atoms with E-state index < -0.39 is 35.0 Å². The third kappa shape index (κ3) is 6.87. The van der Waals surface area contributed by atoms with Gasteiger partial charge in [0.15, 0.2) is 11.5 Å². The van der Waals surface area contributed by atoms with Gasteiger partial charge in [0, 0.05) is 42.8 Å². The zero-order valence-corrected chi connectivity index (χ0v) is 20.6. The maximum absolute atomic E-state index is 13.5. The number of rotatable bonds is 8. The molecule has 1 aromatic heterocycles. The second-order valence-electron chi connectivity index (χ2n) is 9.29. The second-order valence-corrected chi connectivity index (χ2v) is 9.29. The van der Waals surface area contributed by atoms with Gasteiger partial charge in [-0.1, -0.05) is 30.3 Å². The fourth-order valence-electron chi connectivity index (χ4n) is 4.61. The molecule has 0 radical (unpaired) electrons. The lowest BCUT2D eigenvalue weighted by Gasteiger charge is -2.27. The van der Waals surface area contributed by atoms with Crippen LogP contribution in [0.1, 0.15) is 52.1 Å². The molecule has 0 bridgehead atoms. The molecule has 12 heteroatoms. The number of hydrogen-bond donors (Lipinski definition) is 2. The molecule has 1 fully saturated rings. The molecule has 1 aliphatic carbocycles. The topological polar surface area (TPSA) is 93.1 Å². The van der Waals surface area contributed by atoms with Crippen LogP contribution in [0.2, 0.25) is 0 Å². The molecule has 2 amide bonds. The van der Waals surface area contributed by atoms with Gasteiger partial charge in [0.05, 0.1) is 11.3 Å². The number of aromatic nitrogens is 2. The normalized spacial score (nSPS) is 17.5. The standard InChI is InChI=1S/C27H25F5N4O3/c28-19-12-20(29)14-21(13-19)36-15-22(24(35-36)27(30,31)32)26(39)34-11-10-33-25(38)18-8-6-17(7-9-18)23(37)16-4-2-1-3-5-16/h1-5,12-15,17-18H,6-11H2,(H,33,38)(H,34,39). The molecule has 1 heterocycles. The van der Waals surface area contributed by atoms with Gasteiger partial charge in [-0.15, -0.1) is 0 Å². The highest BCUT2D eigenvalue weighted by molar-refractivity contribution is 5.98. The Morgan fingerprint density at radius 2 is 1.46 bits per heavy atom. The zero-order valence-electron chi connectivity index (χ0n) is 20.6. The van der Waals surface area contributed by atoms with E-state index in [0.29, 0.717) is 42.0 Å². The lowest BCUT2D eigenvalue weighted by Crippen LogP contribution is -2.39. The van der Waals surface area contributed by atoms with E-state index in [1.165, 1.54) is 0 Å². The molecule has 2 aromatic carbocycles. The average Bonchev–Trinajstić information content (AvgIpc) is 3.37. The third-order valence-corrected chi connectivity index (χ3v) is 6.58. The van der Waals surface area contributed by atoms with Crippen molar-refractivity contribution in [3.05, 3.63) is 83.2 Å². The van der Waals surface area contributed by atoms with Crippen LogP contribution in [-0.2, 0) is 11.0 Å². The highest BCUT2D eigenvalue weighted by Crippen LogP contribution is 2.32. The Labute approximate surface area is 220 Å². The van der Waals surface area contributed by atoms with Gasteiger partial charge >= 0.3 is 6.18 Å². The van der Waals surface area contributed by atoms with Gasteiger partial charge in [-0.3, -0.25) is 14.4 Å². The van der Waals surface area contributed by atoms with Crippen molar-refractivity contribution in [1.29, 1.82) is 0 Å². The van der Waals surface area contributed by atoms with E-state index in [2.05, 4.69) is 15.7 Å². The predicted octanol–water partition coefficient (Wildman–Crippen LogP) is 4.70. The van der Waals surface area contributed by atoms with Gasteiger partial charge in [0.1, 0.15) is 11.6 Å². The van der Waals surface area contributed by atoms with E-state index in [9.17, 15) is 36.3 Å². The molecule has 0 aliphatic heterocycles. The number of amides is 2. The largest absolute Gasteiger partial charge is 0.435 e. The number of benzene rings is 2. The van der Waals surface area contributed by atoms with Crippen LogP contribution in [0.5, 0.6) is 0 Å². The lowest BCUT2D eigenvalue weighted by molar-refractivity contribution is -0.141. The molecule has 1 aliphatic rings. The van der Waals surface area contributed by atoms with Crippen molar-refractivity contribution in [2.24, 2.45) is 11.8 Å². The summed E-state index contributed by atoms with van der Waals surface area (Å²) in [6, 6.07) is 11.1. The molecule has 0 atom stereocenters. The molecule has 4 rings (SSSR count). The van der Waals surface area contributed by atoms with Gasteiger partial charge in [-0.25, -0.2) is 13.5 Å².